The summed E-state index contributed by atoms with van der Waals surface area (Å²) in [5.74, 6) is 0. The Morgan fingerprint density at radius 3 is 2.42 bits per heavy atom. The summed E-state index contributed by atoms with van der Waals surface area (Å²) in [6.45, 7) is 3.88. The number of H-pyrrole nitrogens is 1. The van der Waals surface area contributed by atoms with Gasteiger partial charge < -0.3 is 15.2 Å². The molecule has 4 N–H and O–H groups in total. The molecular formula is C29H31Cl2N3O2. The van der Waals surface area contributed by atoms with Crippen LogP contribution in [0, 0.1) is 0 Å². The highest BCUT2D eigenvalue weighted by Gasteiger charge is 2.29. The van der Waals surface area contributed by atoms with Crippen molar-refractivity contribution in [3.63, 3.8) is 0 Å². The first kappa shape index (κ1) is 25.3. The number of aliphatic hydroxyl groups excluding tert-OH is 2. The van der Waals surface area contributed by atoms with E-state index in [1.54, 1.807) is 0 Å². The number of aliphatic hydroxyl groups is 2. The van der Waals surface area contributed by atoms with Crippen LogP contribution in [0.5, 0.6) is 0 Å². The number of aromatic nitrogens is 1. The number of rotatable bonds is 5. The van der Waals surface area contributed by atoms with Crippen molar-refractivity contribution in [2.45, 2.75) is 45.2 Å². The van der Waals surface area contributed by atoms with Gasteiger partial charge in [-0.05, 0) is 72.5 Å². The molecule has 1 unspecified atom stereocenters. The van der Waals surface area contributed by atoms with Gasteiger partial charge in [0.05, 0.1) is 11.6 Å². The van der Waals surface area contributed by atoms with Crippen LogP contribution in [0.25, 0.3) is 33.3 Å². The van der Waals surface area contributed by atoms with E-state index in [0.717, 1.165) is 51.1 Å². The second-order valence-corrected chi connectivity index (χ2v) is 10.1. The zero-order valence-corrected chi connectivity index (χ0v) is 21.6. The standard InChI is InChI=1S/C29H30ClN3O2.ClH/c30-28-22(20-7-4-18(17-34)5-8-20)14-23(27-24(28)15-31-29(27)35)26-13-21-12-19(6-9-25(21)32-26)16-33-10-2-1-3-11-33;/h4-9,12-14,29,31-32,34-35H,1-3,10-11,15-17H2;1H. The lowest BCUT2D eigenvalue weighted by atomic mass is 9.93. The number of benzene rings is 3. The number of nitrogens with one attached hydrogen (secondary N) is 2. The highest BCUT2D eigenvalue weighted by atomic mass is 35.5. The minimum absolute atomic E-state index is 0. The molecule has 1 saturated heterocycles. The van der Waals surface area contributed by atoms with Crippen molar-refractivity contribution < 1.29 is 10.2 Å². The molecule has 6 rings (SSSR count). The fraction of sp³-hybridized carbons (Fsp3) is 0.310. The minimum Gasteiger partial charge on any atom is -0.392 e. The van der Waals surface area contributed by atoms with Gasteiger partial charge in [-0.15, -0.1) is 12.4 Å². The van der Waals surface area contributed by atoms with Gasteiger partial charge in [0.1, 0.15) is 6.23 Å². The highest BCUT2D eigenvalue weighted by molar-refractivity contribution is 6.34. The van der Waals surface area contributed by atoms with Gasteiger partial charge in [-0.3, -0.25) is 10.2 Å². The first-order valence-corrected chi connectivity index (χ1v) is 12.8. The fourth-order valence-corrected chi connectivity index (χ4v) is 5.87. The Labute approximate surface area is 222 Å². The smallest absolute Gasteiger partial charge is 0.132 e. The van der Waals surface area contributed by atoms with Crippen molar-refractivity contribution >= 4 is 34.9 Å². The van der Waals surface area contributed by atoms with Gasteiger partial charge in [-0.25, -0.2) is 0 Å². The Morgan fingerprint density at radius 1 is 0.917 bits per heavy atom. The molecule has 1 fully saturated rings. The normalized spacial score (nSPS) is 17.8. The fourth-order valence-electron chi connectivity index (χ4n) is 5.54. The molecule has 3 aromatic carbocycles. The largest absolute Gasteiger partial charge is 0.392 e. The second kappa shape index (κ2) is 10.5. The number of likely N-dealkylation sites (tertiary alicyclic amines) is 1. The average molecular weight is 524 g/mol. The third kappa shape index (κ3) is 4.68. The SMILES string of the molecule is Cl.OCc1ccc(-c2cc(-c3cc4cc(CN5CCCCC5)ccc4[nH]3)c3c(c2Cl)CNC3O)cc1. The Hall–Kier alpha value is -2.38. The van der Waals surface area contributed by atoms with E-state index >= 15 is 0 Å². The number of piperidine rings is 1. The first-order chi connectivity index (χ1) is 17.1. The average Bonchev–Trinajstić information content (AvgIpc) is 3.49. The van der Waals surface area contributed by atoms with E-state index in [1.165, 1.54) is 43.3 Å². The van der Waals surface area contributed by atoms with Crippen molar-refractivity contribution in [2.24, 2.45) is 0 Å². The molecule has 0 radical (unpaired) electrons. The predicted octanol–water partition coefficient (Wildman–Crippen LogP) is 6.15. The van der Waals surface area contributed by atoms with Crippen molar-refractivity contribution in [1.29, 1.82) is 0 Å². The monoisotopic (exact) mass is 523 g/mol. The molecule has 4 aromatic rings. The van der Waals surface area contributed by atoms with Crippen molar-refractivity contribution in [3.05, 3.63) is 81.9 Å². The topological polar surface area (TPSA) is 71.5 Å². The van der Waals surface area contributed by atoms with Crippen LogP contribution in [-0.4, -0.2) is 33.2 Å². The van der Waals surface area contributed by atoms with Gasteiger partial charge in [0.25, 0.3) is 0 Å². The summed E-state index contributed by atoms with van der Waals surface area (Å²) in [5.41, 5.74) is 8.88. The van der Waals surface area contributed by atoms with Crippen LogP contribution in [0.4, 0.5) is 0 Å². The summed E-state index contributed by atoms with van der Waals surface area (Å²) in [6.07, 6.45) is 3.17. The third-order valence-electron chi connectivity index (χ3n) is 7.43. The number of aromatic amines is 1. The number of fused-ring (bicyclic) bond motifs is 2. The second-order valence-electron chi connectivity index (χ2n) is 9.76. The summed E-state index contributed by atoms with van der Waals surface area (Å²) in [4.78, 5) is 6.12. The lowest BCUT2D eigenvalue weighted by Gasteiger charge is -2.26. The van der Waals surface area contributed by atoms with Gasteiger partial charge >= 0.3 is 0 Å². The quantitative estimate of drug-likeness (QED) is 0.253. The molecule has 36 heavy (non-hydrogen) atoms. The predicted molar refractivity (Wildman–Crippen MR) is 148 cm³/mol. The summed E-state index contributed by atoms with van der Waals surface area (Å²) in [5, 5.41) is 25.1. The summed E-state index contributed by atoms with van der Waals surface area (Å²) >= 11 is 6.86. The van der Waals surface area contributed by atoms with Crippen molar-refractivity contribution in [3.8, 4) is 22.4 Å². The maximum absolute atomic E-state index is 10.8. The van der Waals surface area contributed by atoms with E-state index in [9.17, 15) is 10.2 Å². The minimum atomic E-state index is -0.760. The van der Waals surface area contributed by atoms with Gasteiger partial charge in [0, 0.05) is 46.4 Å². The van der Waals surface area contributed by atoms with Crippen LogP contribution < -0.4 is 5.32 Å². The summed E-state index contributed by atoms with van der Waals surface area (Å²) in [7, 11) is 0. The Balaban J connectivity index is 0.00000267. The number of halogens is 2. The third-order valence-corrected chi connectivity index (χ3v) is 7.86. The molecule has 2 aliphatic rings. The van der Waals surface area contributed by atoms with E-state index in [0.29, 0.717) is 11.6 Å². The zero-order valence-electron chi connectivity index (χ0n) is 20.1. The molecule has 0 aliphatic carbocycles. The molecule has 3 heterocycles. The van der Waals surface area contributed by atoms with Crippen LogP contribution in [0.15, 0.2) is 54.6 Å². The highest BCUT2D eigenvalue weighted by Crippen LogP contribution is 2.44. The van der Waals surface area contributed by atoms with Crippen molar-refractivity contribution in [2.75, 3.05) is 13.1 Å². The molecule has 0 amide bonds. The molecule has 0 saturated carbocycles. The van der Waals surface area contributed by atoms with E-state index in [4.69, 9.17) is 11.6 Å². The molecule has 1 aromatic heterocycles. The Kier molecular flexibility index (Phi) is 7.40. The van der Waals surface area contributed by atoms with Gasteiger partial charge in [-0.2, -0.15) is 0 Å². The van der Waals surface area contributed by atoms with Crippen LogP contribution >= 0.6 is 24.0 Å². The van der Waals surface area contributed by atoms with Crippen LogP contribution in [0.3, 0.4) is 0 Å². The molecule has 7 heteroatoms. The lowest BCUT2D eigenvalue weighted by molar-refractivity contribution is 0.152. The number of hydrogen-bond acceptors (Lipinski definition) is 4. The zero-order chi connectivity index (χ0) is 23.9. The first-order valence-electron chi connectivity index (χ1n) is 12.4. The van der Waals surface area contributed by atoms with E-state index < -0.39 is 6.23 Å². The molecule has 0 bridgehead atoms. The molecular weight excluding hydrogens is 493 g/mol. The van der Waals surface area contributed by atoms with E-state index in [-0.39, 0.29) is 19.0 Å². The van der Waals surface area contributed by atoms with E-state index in [2.05, 4.69) is 45.5 Å². The number of hydrogen-bond donors (Lipinski definition) is 4. The van der Waals surface area contributed by atoms with Crippen LogP contribution in [0.1, 0.15) is 47.7 Å². The van der Waals surface area contributed by atoms with E-state index in [1.807, 2.05) is 24.3 Å². The lowest BCUT2D eigenvalue weighted by Crippen LogP contribution is -2.28. The molecule has 188 valence electrons. The molecule has 1 atom stereocenters. The van der Waals surface area contributed by atoms with Gasteiger partial charge in [0.2, 0.25) is 0 Å². The Morgan fingerprint density at radius 2 is 1.67 bits per heavy atom. The van der Waals surface area contributed by atoms with Crippen LogP contribution in [0.2, 0.25) is 5.02 Å². The van der Waals surface area contributed by atoms with Crippen LogP contribution in [-0.2, 0) is 19.7 Å². The molecule has 5 nitrogen and oxygen atoms in total. The molecule has 2 aliphatic heterocycles. The maximum Gasteiger partial charge on any atom is 0.132 e. The number of nitrogens with zero attached hydrogens (tertiary/aromatic N) is 1. The maximum atomic E-state index is 10.8. The summed E-state index contributed by atoms with van der Waals surface area (Å²) < 4.78 is 0. The van der Waals surface area contributed by atoms with Gasteiger partial charge in [-0.1, -0.05) is 48.4 Å². The van der Waals surface area contributed by atoms with Gasteiger partial charge in [0.15, 0.2) is 0 Å². The van der Waals surface area contributed by atoms with Crippen molar-refractivity contribution in [1.82, 2.24) is 15.2 Å². The summed E-state index contributed by atoms with van der Waals surface area (Å²) in [6, 6.07) is 18.7. The Bertz CT molecular complexity index is 1380. The molecule has 0 spiro atoms.